The van der Waals surface area contributed by atoms with Crippen LogP contribution in [0, 0.1) is 0 Å². The van der Waals surface area contributed by atoms with Crippen molar-refractivity contribution >= 4 is 0 Å². The zero-order chi connectivity index (χ0) is 39.0. The van der Waals surface area contributed by atoms with Gasteiger partial charge in [0.05, 0.1) is 34.5 Å². The van der Waals surface area contributed by atoms with Gasteiger partial charge in [0, 0.05) is 13.2 Å². The van der Waals surface area contributed by atoms with Crippen LogP contribution in [0.25, 0.3) is 0 Å². The predicted molar refractivity (Wildman–Crippen MR) is 197 cm³/mol. The highest BCUT2D eigenvalue weighted by atomic mass is 16.7. The number of ether oxygens (including phenoxy) is 7. The van der Waals surface area contributed by atoms with Crippen molar-refractivity contribution in [2.45, 2.75) is 50.1 Å². The van der Waals surface area contributed by atoms with Gasteiger partial charge in [-0.25, -0.2) is 0 Å². The Labute approximate surface area is 314 Å². The van der Waals surface area contributed by atoms with Crippen LogP contribution in [0.5, 0.6) is 46.0 Å². The maximum atomic E-state index is 11.2. The average molecular weight is 755 g/mol. The summed E-state index contributed by atoms with van der Waals surface area (Å²) in [5, 5.41) is 71.2. The lowest BCUT2D eigenvalue weighted by Crippen LogP contribution is -2.29. The third kappa shape index (κ3) is 11.0. The van der Waals surface area contributed by atoms with Crippen LogP contribution < -0.4 is 33.2 Å². The molecule has 294 valence electrons. The van der Waals surface area contributed by atoms with Crippen LogP contribution in [0.1, 0.15) is 47.3 Å². The van der Waals surface area contributed by atoms with E-state index in [0.717, 1.165) is 11.1 Å². The van der Waals surface area contributed by atoms with E-state index in [0.29, 0.717) is 54.2 Å². The summed E-state index contributed by atoms with van der Waals surface area (Å²) < 4.78 is 39.7. The first-order chi connectivity index (χ1) is 26.2. The molecule has 0 aromatic heterocycles. The van der Waals surface area contributed by atoms with Gasteiger partial charge in [-0.3, -0.25) is 0 Å². The third-order valence-corrected chi connectivity index (χ3v) is 8.61. The van der Waals surface area contributed by atoms with Crippen LogP contribution in [0.15, 0.2) is 72.8 Å². The van der Waals surface area contributed by atoms with Crippen molar-refractivity contribution in [2.75, 3.05) is 54.5 Å². The van der Waals surface area contributed by atoms with E-state index in [1.54, 1.807) is 36.4 Å². The Morgan fingerprint density at radius 3 is 1.39 bits per heavy atom. The van der Waals surface area contributed by atoms with E-state index in [9.17, 15) is 25.5 Å². The fraction of sp³-hybridized carbons (Fsp3) is 0.400. The summed E-state index contributed by atoms with van der Waals surface area (Å²) in [4.78, 5) is 0. The van der Waals surface area contributed by atoms with Crippen LogP contribution in [0.2, 0.25) is 0 Å². The van der Waals surface area contributed by atoms with Crippen LogP contribution in [0.3, 0.4) is 0 Å². The lowest BCUT2D eigenvalue weighted by molar-refractivity contribution is -0.000776. The summed E-state index contributed by atoms with van der Waals surface area (Å²) >= 11 is 0. The topological polar surface area (TPSA) is 206 Å². The monoisotopic (exact) mass is 754 g/mol. The van der Waals surface area contributed by atoms with Crippen molar-refractivity contribution in [3.05, 3.63) is 95.1 Å². The second-order valence-electron chi connectivity index (χ2n) is 12.2. The third-order valence-electron chi connectivity index (χ3n) is 8.61. The second-order valence-corrected chi connectivity index (χ2v) is 12.2. The van der Waals surface area contributed by atoms with E-state index >= 15 is 0 Å². The van der Waals surface area contributed by atoms with Crippen molar-refractivity contribution in [3.8, 4) is 46.0 Å². The number of hydrogen-bond donors (Lipinski definition) is 7. The molecule has 0 aliphatic carbocycles. The maximum absolute atomic E-state index is 11.2. The van der Waals surface area contributed by atoms with E-state index in [4.69, 9.17) is 43.4 Å². The number of aliphatic hydroxyl groups excluding tert-OH is 6. The van der Waals surface area contributed by atoms with Crippen LogP contribution in [-0.2, 0) is 12.8 Å². The molecule has 0 aliphatic heterocycles. The molecule has 0 saturated carbocycles. The number of hydrogen-bond acceptors (Lipinski definition) is 14. The molecule has 0 saturated heterocycles. The van der Waals surface area contributed by atoms with Gasteiger partial charge in [0.15, 0.2) is 58.2 Å². The standard InChI is InChI=1S/C40H50O14/c1-48-34-18-25(6-4-16-41)8-13-31(34)53-37(22-43)39(46)27-10-12-29(45)33(20-27)52-24-51-30-15-11-28(21-36(30)50-3)40(47)38(23-44)54-32-14-9-26(7-5-17-42)19-35(32)49-2/h8-15,18-21,37-47H,4-7,16-17,22-24H2,1-3H3/t37-,38-,39-,40-/m1/s1. The van der Waals surface area contributed by atoms with E-state index < -0.39 is 37.6 Å². The summed E-state index contributed by atoms with van der Waals surface area (Å²) in [6, 6.07) is 19.4. The second kappa shape index (κ2) is 21.1. The van der Waals surface area contributed by atoms with Gasteiger partial charge >= 0.3 is 0 Å². The molecule has 0 unspecified atom stereocenters. The molecule has 4 atom stereocenters. The van der Waals surface area contributed by atoms with Gasteiger partial charge in [0.25, 0.3) is 0 Å². The molecule has 14 nitrogen and oxygen atoms in total. The highest BCUT2D eigenvalue weighted by molar-refractivity contribution is 5.47. The highest BCUT2D eigenvalue weighted by Gasteiger charge is 2.27. The summed E-state index contributed by atoms with van der Waals surface area (Å²) in [5.41, 5.74) is 2.52. The number of methoxy groups -OCH3 is 3. The van der Waals surface area contributed by atoms with Crippen LogP contribution in [0.4, 0.5) is 0 Å². The minimum Gasteiger partial charge on any atom is -0.504 e. The molecule has 0 amide bonds. The minimum atomic E-state index is -1.33. The zero-order valence-corrected chi connectivity index (χ0v) is 30.6. The van der Waals surface area contributed by atoms with Crippen molar-refractivity contribution < 1.29 is 68.9 Å². The quantitative estimate of drug-likeness (QED) is 0.0541. The lowest BCUT2D eigenvalue weighted by Gasteiger charge is -2.25. The smallest absolute Gasteiger partial charge is 0.231 e. The number of rotatable bonds is 23. The Morgan fingerprint density at radius 2 is 0.926 bits per heavy atom. The Balaban J connectivity index is 1.40. The van der Waals surface area contributed by atoms with Gasteiger partial charge in [0.1, 0.15) is 12.2 Å². The van der Waals surface area contributed by atoms with Gasteiger partial charge < -0.3 is 68.9 Å². The number of phenolic OH excluding ortho intramolecular Hbond substituents is 1. The molecular formula is C40H50O14. The Bertz CT molecular complexity index is 1750. The molecular weight excluding hydrogens is 704 g/mol. The molecule has 0 heterocycles. The van der Waals surface area contributed by atoms with E-state index in [-0.39, 0.29) is 48.6 Å². The van der Waals surface area contributed by atoms with E-state index in [2.05, 4.69) is 0 Å². The summed E-state index contributed by atoms with van der Waals surface area (Å²) in [7, 11) is 4.38. The molecule has 0 spiro atoms. The average Bonchev–Trinajstić information content (AvgIpc) is 3.20. The first-order valence-corrected chi connectivity index (χ1v) is 17.4. The molecule has 0 fully saturated rings. The van der Waals surface area contributed by atoms with Gasteiger partial charge in [-0.05, 0) is 96.5 Å². The van der Waals surface area contributed by atoms with E-state index in [1.807, 2.05) is 12.1 Å². The molecule has 4 aromatic rings. The van der Waals surface area contributed by atoms with Gasteiger partial charge in [-0.15, -0.1) is 0 Å². The summed E-state index contributed by atoms with van der Waals surface area (Å²) in [6.45, 7) is -1.32. The fourth-order valence-corrected chi connectivity index (χ4v) is 5.63. The Kier molecular flexibility index (Phi) is 16.3. The molecule has 4 rings (SSSR count). The summed E-state index contributed by atoms with van der Waals surface area (Å²) in [6.07, 6.45) is -2.30. The number of aliphatic hydroxyl groups is 6. The van der Waals surface area contributed by atoms with Crippen molar-refractivity contribution in [1.29, 1.82) is 0 Å². The largest absolute Gasteiger partial charge is 0.504 e. The summed E-state index contributed by atoms with van der Waals surface area (Å²) in [5.74, 6) is 1.70. The number of aromatic hydroxyl groups is 1. The first-order valence-electron chi connectivity index (χ1n) is 17.4. The van der Waals surface area contributed by atoms with Gasteiger partial charge in [-0.1, -0.05) is 24.3 Å². The number of phenols is 1. The molecule has 14 heteroatoms. The minimum absolute atomic E-state index is 0.0140. The first kappa shape index (κ1) is 41.8. The molecule has 4 aromatic carbocycles. The number of benzene rings is 4. The predicted octanol–water partition coefficient (Wildman–Crippen LogP) is 3.63. The molecule has 0 aliphatic rings. The Morgan fingerprint density at radius 1 is 0.500 bits per heavy atom. The van der Waals surface area contributed by atoms with Crippen molar-refractivity contribution in [3.63, 3.8) is 0 Å². The molecule has 7 N–H and O–H groups in total. The van der Waals surface area contributed by atoms with E-state index in [1.165, 1.54) is 45.6 Å². The number of aryl methyl sites for hydroxylation is 2. The van der Waals surface area contributed by atoms with Crippen LogP contribution in [-0.4, -0.2) is 103 Å². The molecule has 54 heavy (non-hydrogen) atoms. The zero-order valence-electron chi connectivity index (χ0n) is 30.6. The van der Waals surface area contributed by atoms with Crippen LogP contribution >= 0.6 is 0 Å². The maximum Gasteiger partial charge on any atom is 0.231 e. The normalized spacial score (nSPS) is 13.4. The molecule has 0 radical (unpaired) electrons. The van der Waals surface area contributed by atoms with Gasteiger partial charge in [0.2, 0.25) is 6.79 Å². The van der Waals surface area contributed by atoms with Crippen molar-refractivity contribution in [2.24, 2.45) is 0 Å². The Hall–Kier alpha value is -4.96. The lowest BCUT2D eigenvalue weighted by atomic mass is 10.0. The molecule has 0 bridgehead atoms. The fourth-order valence-electron chi connectivity index (χ4n) is 5.63. The SMILES string of the molecule is COc1cc([C@@H](O)[C@@H](CO)Oc2ccc(CCCO)cc2OC)ccc1OCOc1cc([C@@H](O)[C@@H](CO)Oc2ccc(CCCO)cc2OC)ccc1O. The van der Waals surface area contributed by atoms with Gasteiger partial charge in [-0.2, -0.15) is 0 Å². The van der Waals surface area contributed by atoms with Crippen molar-refractivity contribution in [1.82, 2.24) is 0 Å². The highest BCUT2D eigenvalue weighted by Crippen LogP contribution is 2.37.